The molecule has 1 saturated heterocycles. The van der Waals surface area contributed by atoms with E-state index in [1.807, 2.05) is 13.0 Å². The van der Waals surface area contributed by atoms with E-state index in [1.165, 1.54) is 12.5 Å². The number of nitrogens with zero attached hydrogens (tertiary/aromatic N) is 4. The second kappa shape index (κ2) is 5.68. The van der Waals surface area contributed by atoms with Gasteiger partial charge in [-0.05, 0) is 25.8 Å². The lowest BCUT2D eigenvalue weighted by Gasteiger charge is -2.33. The Hall–Kier alpha value is -1.96. The summed E-state index contributed by atoms with van der Waals surface area (Å²) in [5.74, 6) is 1.73. The number of hydrogen-bond donors (Lipinski definition) is 1. The van der Waals surface area contributed by atoms with Crippen molar-refractivity contribution in [1.82, 2.24) is 20.2 Å². The Morgan fingerprint density at radius 2 is 2.23 bits per heavy atom. The number of aromatic nitrogens is 4. The smallest absolute Gasteiger partial charge is 0.178 e. The maximum Gasteiger partial charge on any atom is 0.178 e. The van der Waals surface area contributed by atoms with E-state index < -0.39 is 9.84 Å². The predicted molar refractivity (Wildman–Crippen MR) is 82.7 cm³/mol. The molecule has 1 aliphatic rings. The van der Waals surface area contributed by atoms with Crippen LogP contribution in [0, 0.1) is 6.92 Å². The number of aromatic amines is 1. The first-order valence-electron chi connectivity index (χ1n) is 7.23. The standard InChI is InChI=1S/C14H19N5O2S/c1-10-15-6-5-13(17-10)19-7-3-4-11(9-19)14-12(8-16-18-14)22(2,20)21/h5-6,8,11H,3-4,7,9H2,1-2H3,(H,16,18)/t11-/m0/s1. The summed E-state index contributed by atoms with van der Waals surface area (Å²) in [6.45, 7) is 3.50. The summed E-state index contributed by atoms with van der Waals surface area (Å²) in [7, 11) is -3.27. The van der Waals surface area contributed by atoms with Gasteiger partial charge in [0.2, 0.25) is 0 Å². The molecule has 7 nitrogen and oxygen atoms in total. The van der Waals surface area contributed by atoms with Gasteiger partial charge in [-0.25, -0.2) is 18.4 Å². The number of anilines is 1. The monoisotopic (exact) mass is 321 g/mol. The molecule has 1 fully saturated rings. The summed E-state index contributed by atoms with van der Waals surface area (Å²) < 4.78 is 23.7. The zero-order valence-electron chi connectivity index (χ0n) is 12.7. The second-order valence-corrected chi connectivity index (χ2v) is 7.65. The molecule has 0 aromatic carbocycles. The van der Waals surface area contributed by atoms with E-state index in [9.17, 15) is 8.42 Å². The number of hydrogen-bond acceptors (Lipinski definition) is 6. The normalized spacial score (nSPS) is 19.4. The number of sulfone groups is 1. The van der Waals surface area contributed by atoms with Crippen LogP contribution in [0.15, 0.2) is 23.4 Å². The first-order chi connectivity index (χ1) is 10.4. The highest BCUT2D eigenvalue weighted by Crippen LogP contribution is 2.31. The zero-order valence-corrected chi connectivity index (χ0v) is 13.5. The molecule has 118 valence electrons. The number of rotatable bonds is 3. The Balaban J connectivity index is 1.87. The van der Waals surface area contributed by atoms with Crippen LogP contribution in [0.25, 0.3) is 0 Å². The van der Waals surface area contributed by atoms with Crippen LogP contribution in [0.2, 0.25) is 0 Å². The molecule has 0 amide bonds. The van der Waals surface area contributed by atoms with Crippen LogP contribution >= 0.6 is 0 Å². The minimum absolute atomic E-state index is 0.108. The Kier molecular flexibility index (Phi) is 3.86. The molecule has 1 N–H and O–H groups in total. The molecule has 2 aromatic rings. The Morgan fingerprint density at radius 1 is 1.41 bits per heavy atom. The Labute approximate surface area is 129 Å². The molecule has 1 atom stereocenters. The SMILES string of the molecule is Cc1nccc(N2CCC[C@H](c3[nH]ncc3S(C)(=O)=O)C2)n1. The number of nitrogens with one attached hydrogen (secondary N) is 1. The quantitative estimate of drug-likeness (QED) is 0.916. The van der Waals surface area contributed by atoms with Gasteiger partial charge < -0.3 is 4.90 Å². The van der Waals surface area contributed by atoms with Crippen LogP contribution in [-0.2, 0) is 9.84 Å². The van der Waals surface area contributed by atoms with Crippen molar-refractivity contribution in [3.63, 3.8) is 0 Å². The first kappa shape index (κ1) is 15.0. The average Bonchev–Trinajstić information content (AvgIpc) is 2.97. The summed E-state index contributed by atoms with van der Waals surface area (Å²) in [6, 6.07) is 1.89. The number of H-pyrrole nitrogens is 1. The molecule has 3 rings (SSSR count). The van der Waals surface area contributed by atoms with Crippen LogP contribution in [0.5, 0.6) is 0 Å². The van der Waals surface area contributed by atoms with Gasteiger partial charge >= 0.3 is 0 Å². The molecule has 22 heavy (non-hydrogen) atoms. The van der Waals surface area contributed by atoms with Crippen molar-refractivity contribution in [1.29, 1.82) is 0 Å². The molecular weight excluding hydrogens is 302 g/mol. The van der Waals surface area contributed by atoms with Crippen LogP contribution in [0.1, 0.15) is 30.3 Å². The van der Waals surface area contributed by atoms with E-state index in [4.69, 9.17) is 0 Å². The van der Waals surface area contributed by atoms with E-state index in [-0.39, 0.29) is 5.92 Å². The third-order valence-corrected chi connectivity index (χ3v) is 5.07. The molecule has 0 bridgehead atoms. The van der Waals surface area contributed by atoms with Gasteiger partial charge in [-0.2, -0.15) is 5.10 Å². The molecule has 0 saturated carbocycles. The first-order valence-corrected chi connectivity index (χ1v) is 9.12. The van der Waals surface area contributed by atoms with Gasteiger partial charge in [0.1, 0.15) is 16.5 Å². The van der Waals surface area contributed by atoms with Crippen molar-refractivity contribution >= 4 is 15.7 Å². The van der Waals surface area contributed by atoms with E-state index in [2.05, 4.69) is 25.1 Å². The van der Waals surface area contributed by atoms with Gasteiger partial charge in [0.05, 0.1) is 11.9 Å². The average molecular weight is 321 g/mol. The zero-order chi connectivity index (χ0) is 15.7. The van der Waals surface area contributed by atoms with E-state index in [0.29, 0.717) is 10.6 Å². The number of aryl methyl sites for hydroxylation is 1. The topological polar surface area (TPSA) is 91.8 Å². The molecular formula is C14H19N5O2S. The van der Waals surface area contributed by atoms with Crippen molar-refractivity contribution in [2.45, 2.75) is 30.6 Å². The van der Waals surface area contributed by atoms with Crippen LogP contribution in [0.4, 0.5) is 5.82 Å². The Morgan fingerprint density at radius 3 is 2.95 bits per heavy atom. The highest BCUT2D eigenvalue weighted by atomic mass is 32.2. The lowest BCUT2D eigenvalue weighted by atomic mass is 9.95. The molecule has 0 radical (unpaired) electrons. The summed E-state index contributed by atoms with van der Waals surface area (Å²) in [5.41, 5.74) is 0.706. The predicted octanol–water partition coefficient (Wildman–Crippen LogP) is 1.30. The summed E-state index contributed by atoms with van der Waals surface area (Å²) in [4.78, 5) is 11.1. The molecule has 2 aromatic heterocycles. The van der Waals surface area contributed by atoms with E-state index in [1.54, 1.807) is 6.20 Å². The van der Waals surface area contributed by atoms with Crippen molar-refractivity contribution < 1.29 is 8.42 Å². The second-order valence-electron chi connectivity index (χ2n) is 5.67. The molecule has 0 aliphatic carbocycles. The molecule has 3 heterocycles. The maximum absolute atomic E-state index is 11.9. The molecule has 1 aliphatic heterocycles. The fourth-order valence-corrected chi connectivity index (χ4v) is 3.77. The summed E-state index contributed by atoms with van der Waals surface area (Å²) >= 11 is 0. The third-order valence-electron chi connectivity index (χ3n) is 3.95. The highest BCUT2D eigenvalue weighted by Gasteiger charge is 2.28. The van der Waals surface area contributed by atoms with Gasteiger partial charge in [0.25, 0.3) is 0 Å². The van der Waals surface area contributed by atoms with Gasteiger partial charge in [0, 0.05) is 31.5 Å². The van der Waals surface area contributed by atoms with Gasteiger partial charge in [0.15, 0.2) is 9.84 Å². The fourth-order valence-electron chi connectivity index (χ4n) is 2.91. The van der Waals surface area contributed by atoms with Gasteiger partial charge in [-0.3, -0.25) is 5.10 Å². The van der Waals surface area contributed by atoms with E-state index >= 15 is 0 Å². The van der Waals surface area contributed by atoms with Crippen molar-refractivity contribution in [3.05, 3.63) is 30.0 Å². The third kappa shape index (κ3) is 2.96. The van der Waals surface area contributed by atoms with Crippen LogP contribution in [0.3, 0.4) is 0 Å². The van der Waals surface area contributed by atoms with Crippen LogP contribution < -0.4 is 4.90 Å². The van der Waals surface area contributed by atoms with Crippen molar-refractivity contribution in [3.8, 4) is 0 Å². The summed E-state index contributed by atoms with van der Waals surface area (Å²) in [6.07, 6.45) is 6.29. The fraction of sp³-hybridized carbons (Fsp3) is 0.500. The van der Waals surface area contributed by atoms with Crippen LogP contribution in [-0.4, -0.2) is 47.9 Å². The van der Waals surface area contributed by atoms with Crippen molar-refractivity contribution in [2.24, 2.45) is 0 Å². The Bertz CT molecular complexity index is 771. The minimum atomic E-state index is -3.27. The van der Waals surface area contributed by atoms with Gasteiger partial charge in [-0.1, -0.05) is 0 Å². The molecule has 0 spiro atoms. The number of piperidine rings is 1. The van der Waals surface area contributed by atoms with Crippen molar-refractivity contribution in [2.75, 3.05) is 24.2 Å². The lowest BCUT2D eigenvalue weighted by molar-refractivity contribution is 0.491. The van der Waals surface area contributed by atoms with E-state index in [0.717, 1.165) is 37.6 Å². The highest BCUT2D eigenvalue weighted by molar-refractivity contribution is 7.90. The summed E-state index contributed by atoms with van der Waals surface area (Å²) in [5, 5.41) is 6.80. The molecule has 0 unspecified atom stereocenters. The molecule has 8 heteroatoms. The maximum atomic E-state index is 11.9. The minimum Gasteiger partial charge on any atom is -0.356 e. The largest absolute Gasteiger partial charge is 0.356 e. The lowest BCUT2D eigenvalue weighted by Crippen LogP contribution is -2.35. The van der Waals surface area contributed by atoms with Gasteiger partial charge in [-0.15, -0.1) is 0 Å².